The Kier molecular flexibility index (Phi) is 29.9. The summed E-state index contributed by atoms with van der Waals surface area (Å²) < 4.78 is 88.8. The Hall–Kier alpha value is -3.60. The van der Waals surface area contributed by atoms with Crippen molar-refractivity contribution in [1.82, 2.24) is 21.3 Å². The summed E-state index contributed by atoms with van der Waals surface area (Å²) in [6.07, 6.45) is -74.0. The summed E-state index contributed by atoms with van der Waals surface area (Å²) in [4.78, 5) is 50.4. The molecule has 45 heteroatoms. The van der Waals surface area contributed by atoms with E-state index in [1.165, 1.54) is 0 Å². The van der Waals surface area contributed by atoms with Crippen LogP contribution in [0.3, 0.4) is 0 Å². The lowest BCUT2D eigenvalue weighted by Gasteiger charge is -2.51. The molecule has 0 aromatic carbocycles. The zero-order valence-electron chi connectivity index (χ0n) is 54.3. The molecule has 0 aliphatic carbocycles. The normalized spacial score (nSPS) is 48.3. The highest BCUT2D eigenvalue weighted by atomic mass is 16.8. The SMILES string of the molecule is CC(=O)N[C@@H]1[C@@H](O)[C@H](O[C@@H]2O[C@H](CO)[C@@H](O[C@@H]3O[C@H](CO[C@H]4O[C@H](CO)[C@@H](O)[C@H](O)[C@@H]4O[C@@H]4O[C@H](CO)[C@@H](O)[C@H](O)[C@H]4NC(C)=O)[C@@H](O)[C@H](O[C@H]4O[C@H](CO)[C@@H](O)[C@H](O)[C@@H]4O[C@@H]4O[C@H](CO)[C@@H](O)[C@H](O[C@@H]5O[C@H](CO)[C@H](O)[C@H](O)[C@H]5O)[C@H]4NC(C)=O)[C@@H]3O)[C@H](O)[C@H]2NC(C)=O)[C@@H](CO)O[C@H]1O. The molecular formula is C56H94N4O41. The van der Waals surface area contributed by atoms with Crippen molar-refractivity contribution in [3.8, 4) is 0 Å². The van der Waals surface area contributed by atoms with Crippen LogP contribution in [0.15, 0.2) is 0 Å². The van der Waals surface area contributed by atoms with Crippen LogP contribution in [-0.4, -0.2) is 434 Å². The minimum absolute atomic E-state index is 0.772. The van der Waals surface area contributed by atoms with Gasteiger partial charge in [0.05, 0.1) is 52.9 Å². The molecule has 8 fully saturated rings. The van der Waals surface area contributed by atoms with E-state index in [1.807, 2.05) is 0 Å². The van der Waals surface area contributed by atoms with Gasteiger partial charge in [-0.05, 0) is 0 Å². The largest absolute Gasteiger partial charge is 0.394 e. The molecule has 8 aliphatic heterocycles. The minimum atomic E-state index is -2.53. The predicted octanol–water partition coefficient (Wildman–Crippen LogP) is -17.9. The van der Waals surface area contributed by atoms with Gasteiger partial charge < -0.3 is 205 Å². The highest BCUT2D eigenvalue weighted by Crippen LogP contribution is 2.39. The summed E-state index contributed by atoms with van der Waals surface area (Å²) >= 11 is 0. The summed E-state index contributed by atoms with van der Waals surface area (Å²) in [5, 5.41) is 252. The van der Waals surface area contributed by atoms with Gasteiger partial charge in [0.25, 0.3) is 0 Å². The Labute approximate surface area is 572 Å². The molecule has 8 aliphatic rings. The molecule has 0 unspecified atom stereocenters. The number of aliphatic hydroxyl groups excluding tert-OH is 22. The quantitative estimate of drug-likeness (QED) is 0.0382. The molecule has 8 heterocycles. The number of ether oxygens (including phenoxy) is 15. The van der Waals surface area contributed by atoms with Crippen molar-refractivity contribution in [1.29, 1.82) is 0 Å². The van der Waals surface area contributed by atoms with Gasteiger partial charge >= 0.3 is 0 Å². The van der Waals surface area contributed by atoms with Crippen molar-refractivity contribution in [2.45, 2.75) is 273 Å². The Morgan fingerprint density at radius 1 is 0.257 bits per heavy atom. The molecule has 26 N–H and O–H groups in total. The molecule has 0 bridgehead atoms. The van der Waals surface area contributed by atoms with Crippen LogP contribution in [0.4, 0.5) is 0 Å². The number of hydrogen-bond donors (Lipinski definition) is 26. The van der Waals surface area contributed by atoms with Crippen LogP contribution in [0, 0.1) is 0 Å². The average Bonchev–Trinajstić information content (AvgIpc) is 0.774. The predicted molar refractivity (Wildman–Crippen MR) is 311 cm³/mol. The van der Waals surface area contributed by atoms with Gasteiger partial charge in [-0.25, -0.2) is 0 Å². The molecular weight excluding hydrogens is 1380 g/mol. The van der Waals surface area contributed by atoms with Gasteiger partial charge in [-0.2, -0.15) is 0 Å². The van der Waals surface area contributed by atoms with Crippen LogP contribution in [0.5, 0.6) is 0 Å². The molecule has 0 saturated carbocycles. The number of aliphatic hydroxyl groups is 22. The minimum Gasteiger partial charge on any atom is -0.394 e. The van der Waals surface area contributed by atoms with E-state index in [4.69, 9.17) is 71.1 Å². The molecule has 8 rings (SSSR count). The van der Waals surface area contributed by atoms with E-state index in [2.05, 4.69) is 21.3 Å². The summed E-state index contributed by atoms with van der Waals surface area (Å²) in [6, 6.07) is -7.14. The van der Waals surface area contributed by atoms with E-state index in [1.54, 1.807) is 0 Å². The Bertz CT molecular complexity index is 2640. The van der Waals surface area contributed by atoms with Crippen molar-refractivity contribution in [2.24, 2.45) is 0 Å². The second-order valence-corrected chi connectivity index (χ2v) is 25.4. The summed E-state index contributed by atoms with van der Waals surface area (Å²) in [5.74, 6) is -3.47. The van der Waals surface area contributed by atoms with Crippen LogP contribution in [0.1, 0.15) is 27.7 Å². The average molecular weight is 1480 g/mol. The van der Waals surface area contributed by atoms with Crippen molar-refractivity contribution in [2.75, 3.05) is 52.9 Å². The zero-order valence-corrected chi connectivity index (χ0v) is 54.3. The fourth-order valence-electron chi connectivity index (χ4n) is 13.0. The maximum Gasteiger partial charge on any atom is 0.217 e. The number of carbonyl (C=O) groups is 4. The molecule has 4 amide bonds. The molecule has 0 radical (unpaired) electrons. The molecule has 584 valence electrons. The van der Waals surface area contributed by atoms with E-state index < -0.39 is 322 Å². The van der Waals surface area contributed by atoms with Crippen molar-refractivity contribution < 1.29 is 203 Å². The molecule has 45 nitrogen and oxygen atoms in total. The van der Waals surface area contributed by atoms with Crippen LogP contribution >= 0.6 is 0 Å². The second-order valence-electron chi connectivity index (χ2n) is 25.4. The topological polar surface area (TPSA) is 700 Å². The second kappa shape index (κ2) is 36.3. The van der Waals surface area contributed by atoms with Gasteiger partial charge in [0.1, 0.15) is 195 Å². The smallest absolute Gasteiger partial charge is 0.217 e. The lowest BCUT2D eigenvalue weighted by atomic mass is 9.93. The van der Waals surface area contributed by atoms with Crippen LogP contribution in [0.2, 0.25) is 0 Å². The highest BCUT2D eigenvalue weighted by Gasteiger charge is 2.60. The van der Waals surface area contributed by atoms with Crippen molar-refractivity contribution >= 4 is 23.6 Å². The first-order valence-corrected chi connectivity index (χ1v) is 32.1. The third kappa shape index (κ3) is 18.5. The fourth-order valence-corrected chi connectivity index (χ4v) is 13.0. The monoisotopic (exact) mass is 1480 g/mol. The lowest BCUT2D eigenvalue weighted by Crippen LogP contribution is -2.71. The van der Waals surface area contributed by atoms with Gasteiger partial charge in [0, 0.05) is 27.7 Å². The number of hydrogen-bond acceptors (Lipinski definition) is 41. The first-order chi connectivity index (χ1) is 47.8. The van der Waals surface area contributed by atoms with Gasteiger partial charge in [0.2, 0.25) is 23.6 Å². The lowest BCUT2D eigenvalue weighted by molar-refractivity contribution is -0.398. The van der Waals surface area contributed by atoms with Gasteiger partial charge in [-0.15, -0.1) is 0 Å². The summed E-state index contributed by atoms with van der Waals surface area (Å²) in [6.45, 7) is -4.61. The molecule has 0 spiro atoms. The zero-order chi connectivity index (χ0) is 74.5. The standard InChI is InChI=1S/C56H94N4O41/c1-13(68)57-25-36(79)43(22(10-66)88-49(25)86)96-51-27(59-15(3)70)37(80)44(23(11-67)94-51)97-54-42(85)46(34(77)24(95-54)12-87-55-47(39(82)31(74)19(7-63)92-55)100-50-26(58-14(2)69)35(78)29(72)17(5-61)89-50)99-56-48(40(83)32(75)20(8-64)93-56)101-52-28(60-16(4)71)45(33(76)21(9-65)90-52)98-53-41(84)38(81)30(73)18(6-62)91-53/h17-56,61-67,72-86H,5-12H2,1-4H3,(H,57,68)(H,58,69)(H,59,70)(H,60,71)/t17-,18-,19-,20-,21-,22-,23-,24-,25-,26-,27-,28-,29-,30+,31-,32-,33-,34-,35-,36-,37-,38+,39+,40+,41-,42+,43-,44-,45-,46+,47+,48+,49-,50+,51+,52+,53+,54+,55+,56-/m1/s1. The molecule has 101 heavy (non-hydrogen) atoms. The maximum atomic E-state index is 13.0. The van der Waals surface area contributed by atoms with E-state index >= 15 is 0 Å². The Morgan fingerprint density at radius 3 is 1.06 bits per heavy atom. The Morgan fingerprint density at radius 2 is 0.564 bits per heavy atom. The number of rotatable bonds is 26. The number of amides is 4. The van der Waals surface area contributed by atoms with Gasteiger partial charge in [-0.3, -0.25) is 19.2 Å². The van der Waals surface area contributed by atoms with Crippen molar-refractivity contribution in [3.05, 3.63) is 0 Å². The van der Waals surface area contributed by atoms with Crippen LogP contribution in [0.25, 0.3) is 0 Å². The third-order valence-electron chi connectivity index (χ3n) is 18.3. The third-order valence-corrected chi connectivity index (χ3v) is 18.3. The molecule has 0 aromatic rings. The highest BCUT2D eigenvalue weighted by molar-refractivity contribution is 5.74. The number of carbonyl (C=O) groups excluding carboxylic acids is 4. The fraction of sp³-hybridized carbons (Fsp3) is 0.929. The molecule has 8 saturated heterocycles. The first kappa shape index (κ1) is 83.0. The molecule has 40 atom stereocenters. The number of nitrogens with one attached hydrogen (secondary N) is 4. The van der Waals surface area contributed by atoms with Crippen molar-refractivity contribution in [3.63, 3.8) is 0 Å². The van der Waals surface area contributed by atoms with E-state index in [-0.39, 0.29) is 0 Å². The van der Waals surface area contributed by atoms with Crippen LogP contribution < -0.4 is 21.3 Å². The maximum absolute atomic E-state index is 13.0. The van der Waals surface area contributed by atoms with E-state index in [9.17, 15) is 132 Å². The first-order valence-electron chi connectivity index (χ1n) is 32.1. The van der Waals surface area contributed by atoms with Gasteiger partial charge in [0.15, 0.2) is 50.3 Å². The molecule has 0 aromatic heterocycles. The van der Waals surface area contributed by atoms with E-state index in [0.29, 0.717) is 0 Å². The Balaban J connectivity index is 1.16. The summed E-state index contributed by atoms with van der Waals surface area (Å²) in [5.41, 5.74) is 0. The van der Waals surface area contributed by atoms with Gasteiger partial charge in [-0.1, -0.05) is 0 Å². The summed E-state index contributed by atoms with van der Waals surface area (Å²) in [7, 11) is 0. The van der Waals surface area contributed by atoms with E-state index in [0.717, 1.165) is 27.7 Å². The van der Waals surface area contributed by atoms with Crippen LogP contribution in [-0.2, 0) is 90.2 Å².